The third-order valence-electron chi connectivity index (χ3n) is 2.50. The standard InChI is InChI=1S/C14H21N3O3/c1-10(2)17-14(19)16-9-13(18)15-8-11-6-4-5-7-12(11)20-3/h4-7,10H,8-9H2,1-3H3,(H,15,18)(H2,16,17,19). The lowest BCUT2D eigenvalue weighted by atomic mass is 10.2. The zero-order chi connectivity index (χ0) is 15.0. The van der Waals surface area contributed by atoms with Gasteiger partial charge in [0.1, 0.15) is 5.75 Å². The van der Waals surface area contributed by atoms with Crippen LogP contribution in [-0.2, 0) is 11.3 Å². The van der Waals surface area contributed by atoms with Gasteiger partial charge in [-0.05, 0) is 19.9 Å². The quantitative estimate of drug-likeness (QED) is 0.727. The molecule has 20 heavy (non-hydrogen) atoms. The summed E-state index contributed by atoms with van der Waals surface area (Å²) in [6.07, 6.45) is 0. The first kappa shape index (κ1) is 15.8. The molecule has 0 saturated heterocycles. The minimum absolute atomic E-state index is 0.0339. The highest BCUT2D eigenvalue weighted by Gasteiger charge is 2.07. The molecule has 0 heterocycles. The smallest absolute Gasteiger partial charge is 0.315 e. The van der Waals surface area contributed by atoms with Gasteiger partial charge in [-0.2, -0.15) is 0 Å². The minimum Gasteiger partial charge on any atom is -0.496 e. The van der Waals surface area contributed by atoms with Crippen molar-refractivity contribution in [3.05, 3.63) is 29.8 Å². The van der Waals surface area contributed by atoms with E-state index in [-0.39, 0.29) is 24.5 Å². The van der Waals surface area contributed by atoms with Crippen molar-refractivity contribution in [2.45, 2.75) is 26.4 Å². The molecule has 0 fully saturated rings. The van der Waals surface area contributed by atoms with Crippen LogP contribution in [0.1, 0.15) is 19.4 Å². The molecule has 0 aromatic heterocycles. The van der Waals surface area contributed by atoms with Crippen molar-refractivity contribution < 1.29 is 14.3 Å². The van der Waals surface area contributed by atoms with Crippen LogP contribution in [0.5, 0.6) is 5.75 Å². The first-order valence-electron chi connectivity index (χ1n) is 6.46. The maximum atomic E-state index is 11.6. The van der Waals surface area contributed by atoms with E-state index < -0.39 is 0 Å². The molecule has 1 aromatic rings. The van der Waals surface area contributed by atoms with E-state index in [0.717, 1.165) is 11.3 Å². The number of benzene rings is 1. The molecule has 0 saturated carbocycles. The Hall–Kier alpha value is -2.24. The molecule has 0 radical (unpaired) electrons. The average Bonchev–Trinajstić information content (AvgIpc) is 2.42. The number of hydrogen-bond acceptors (Lipinski definition) is 3. The molecule has 3 amide bonds. The van der Waals surface area contributed by atoms with Gasteiger partial charge in [0.2, 0.25) is 5.91 Å². The van der Waals surface area contributed by atoms with E-state index in [1.54, 1.807) is 7.11 Å². The van der Waals surface area contributed by atoms with E-state index in [1.165, 1.54) is 0 Å². The highest BCUT2D eigenvalue weighted by molar-refractivity contribution is 5.83. The van der Waals surface area contributed by atoms with Gasteiger partial charge in [-0.3, -0.25) is 4.79 Å². The molecule has 0 spiro atoms. The summed E-state index contributed by atoms with van der Waals surface area (Å²) in [5, 5.41) is 7.85. The second-order valence-electron chi connectivity index (χ2n) is 4.57. The second-order valence-corrected chi connectivity index (χ2v) is 4.57. The molecule has 0 bridgehead atoms. The third-order valence-corrected chi connectivity index (χ3v) is 2.50. The molecule has 6 heteroatoms. The van der Waals surface area contributed by atoms with Crippen molar-refractivity contribution in [1.82, 2.24) is 16.0 Å². The molecule has 0 aliphatic rings. The van der Waals surface area contributed by atoms with Crippen LogP contribution in [0.3, 0.4) is 0 Å². The number of nitrogens with one attached hydrogen (secondary N) is 3. The predicted molar refractivity (Wildman–Crippen MR) is 76.5 cm³/mol. The van der Waals surface area contributed by atoms with Crippen LogP contribution in [0.4, 0.5) is 4.79 Å². The van der Waals surface area contributed by atoms with Crippen LogP contribution in [0.15, 0.2) is 24.3 Å². The van der Waals surface area contributed by atoms with Crippen molar-refractivity contribution in [2.24, 2.45) is 0 Å². The number of ether oxygens (including phenoxy) is 1. The molecular formula is C14H21N3O3. The van der Waals surface area contributed by atoms with Gasteiger partial charge in [-0.25, -0.2) is 4.79 Å². The SMILES string of the molecule is COc1ccccc1CNC(=O)CNC(=O)NC(C)C. The Morgan fingerprint density at radius 2 is 1.90 bits per heavy atom. The summed E-state index contributed by atoms with van der Waals surface area (Å²) in [7, 11) is 1.58. The molecule has 3 N–H and O–H groups in total. The highest BCUT2D eigenvalue weighted by Crippen LogP contribution is 2.16. The van der Waals surface area contributed by atoms with E-state index in [9.17, 15) is 9.59 Å². The fraction of sp³-hybridized carbons (Fsp3) is 0.429. The monoisotopic (exact) mass is 279 g/mol. The Labute approximate surface area is 118 Å². The topological polar surface area (TPSA) is 79.5 Å². The van der Waals surface area contributed by atoms with Gasteiger partial charge in [0.15, 0.2) is 0 Å². The first-order chi connectivity index (χ1) is 9.52. The molecule has 0 unspecified atom stereocenters. The summed E-state index contributed by atoms with van der Waals surface area (Å²) in [4.78, 5) is 22.9. The minimum atomic E-state index is -0.354. The molecule has 110 valence electrons. The lowest BCUT2D eigenvalue weighted by molar-refractivity contribution is -0.120. The van der Waals surface area contributed by atoms with Gasteiger partial charge in [0.25, 0.3) is 0 Å². The van der Waals surface area contributed by atoms with E-state index in [0.29, 0.717) is 6.54 Å². The number of hydrogen-bond donors (Lipinski definition) is 3. The Kier molecular flexibility index (Phi) is 6.36. The van der Waals surface area contributed by atoms with E-state index in [1.807, 2.05) is 38.1 Å². The zero-order valence-corrected chi connectivity index (χ0v) is 12.0. The van der Waals surface area contributed by atoms with Gasteiger partial charge in [-0.15, -0.1) is 0 Å². The van der Waals surface area contributed by atoms with E-state index in [4.69, 9.17) is 4.74 Å². The van der Waals surface area contributed by atoms with Gasteiger partial charge in [-0.1, -0.05) is 18.2 Å². The van der Waals surface area contributed by atoms with Crippen molar-refractivity contribution >= 4 is 11.9 Å². The highest BCUT2D eigenvalue weighted by atomic mass is 16.5. The van der Waals surface area contributed by atoms with Gasteiger partial charge >= 0.3 is 6.03 Å². The van der Waals surface area contributed by atoms with Gasteiger partial charge in [0, 0.05) is 18.2 Å². The van der Waals surface area contributed by atoms with E-state index in [2.05, 4.69) is 16.0 Å². The van der Waals surface area contributed by atoms with Crippen molar-refractivity contribution in [3.8, 4) is 5.75 Å². The summed E-state index contributed by atoms with van der Waals surface area (Å²) in [6.45, 7) is 3.99. The largest absolute Gasteiger partial charge is 0.496 e. The molecule has 6 nitrogen and oxygen atoms in total. The summed E-state index contributed by atoms with van der Waals surface area (Å²) >= 11 is 0. The molecule has 1 rings (SSSR count). The lowest BCUT2D eigenvalue weighted by Gasteiger charge is -2.11. The van der Waals surface area contributed by atoms with Crippen molar-refractivity contribution in [2.75, 3.05) is 13.7 Å². The predicted octanol–water partition coefficient (Wildman–Crippen LogP) is 1.02. The third kappa shape index (κ3) is 5.60. The number of rotatable bonds is 6. The van der Waals surface area contributed by atoms with Crippen LogP contribution < -0.4 is 20.7 Å². The molecule has 1 aromatic carbocycles. The molecule has 0 aliphatic carbocycles. The van der Waals surface area contributed by atoms with E-state index >= 15 is 0 Å². The summed E-state index contributed by atoms with van der Waals surface area (Å²) in [5.74, 6) is 0.466. The zero-order valence-electron chi connectivity index (χ0n) is 12.0. The number of urea groups is 1. The number of methoxy groups -OCH3 is 1. The normalized spacial score (nSPS) is 10.0. The van der Waals surface area contributed by atoms with Crippen LogP contribution in [0.2, 0.25) is 0 Å². The molecule has 0 atom stereocenters. The summed E-state index contributed by atoms with van der Waals surface area (Å²) in [5.41, 5.74) is 0.884. The summed E-state index contributed by atoms with van der Waals surface area (Å²) < 4.78 is 5.19. The fourth-order valence-electron chi connectivity index (χ4n) is 1.58. The van der Waals surface area contributed by atoms with Gasteiger partial charge < -0.3 is 20.7 Å². The number of para-hydroxylation sites is 1. The van der Waals surface area contributed by atoms with Crippen molar-refractivity contribution in [3.63, 3.8) is 0 Å². The molecular weight excluding hydrogens is 258 g/mol. The Balaban J connectivity index is 2.35. The number of carbonyl (C=O) groups is 2. The van der Waals surface area contributed by atoms with Crippen LogP contribution in [-0.4, -0.2) is 31.6 Å². The average molecular weight is 279 g/mol. The maximum Gasteiger partial charge on any atom is 0.315 e. The lowest BCUT2D eigenvalue weighted by Crippen LogP contribution is -2.44. The second kappa shape index (κ2) is 8.04. The Morgan fingerprint density at radius 1 is 1.20 bits per heavy atom. The molecule has 0 aliphatic heterocycles. The number of carbonyl (C=O) groups excluding carboxylic acids is 2. The maximum absolute atomic E-state index is 11.6. The first-order valence-corrected chi connectivity index (χ1v) is 6.46. The van der Waals surface area contributed by atoms with Crippen LogP contribution >= 0.6 is 0 Å². The van der Waals surface area contributed by atoms with Crippen LogP contribution in [0.25, 0.3) is 0 Å². The fourth-order valence-corrected chi connectivity index (χ4v) is 1.58. The Bertz CT molecular complexity index is 461. The summed E-state index contributed by atoms with van der Waals surface area (Å²) in [6, 6.07) is 7.12. The van der Waals surface area contributed by atoms with Crippen LogP contribution in [0, 0.1) is 0 Å². The van der Waals surface area contributed by atoms with Crippen molar-refractivity contribution in [1.29, 1.82) is 0 Å². The Morgan fingerprint density at radius 3 is 2.55 bits per heavy atom. The number of amides is 3. The van der Waals surface area contributed by atoms with Gasteiger partial charge in [0.05, 0.1) is 13.7 Å².